The number of aromatic nitrogens is 1. The van der Waals surface area contributed by atoms with Crippen LogP contribution in [0.3, 0.4) is 0 Å². The third-order valence-electron chi connectivity index (χ3n) is 5.66. The highest BCUT2D eigenvalue weighted by Gasteiger charge is 2.20. The Labute approximate surface area is 198 Å². The minimum Gasteiger partial charge on any atom is -0.435 e. The smallest absolute Gasteiger partial charge is 0.227 e. The highest BCUT2D eigenvalue weighted by atomic mass is 16.4. The fraction of sp³-hybridized carbons (Fsp3) is 0.0345. The van der Waals surface area contributed by atoms with Crippen molar-refractivity contribution in [2.75, 3.05) is 0 Å². The first-order valence-corrected chi connectivity index (χ1v) is 11.1. The van der Waals surface area contributed by atoms with Gasteiger partial charge in [-0.1, -0.05) is 103 Å². The molecule has 1 aromatic heterocycles. The van der Waals surface area contributed by atoms with Crippen molar-refractivity contribution >= 4 is 5.84 Å². The lowest BCUT2D eigenvalue weighted by atomic mass is 9.97. The van der Waals surface area contributed by atoms with Gasteiger partial charge in [-0.25, -0.2) is 4.98 Å². The van der Waals surface area contributed by atoms with E-state index in [9.17, 15) is 0 Å². The van der Waals surface area contributed by atoms with Crippen molar-refractivity contribution in [3.63, 3.8) is 0 Å². The summed E-state index contributed by atoms with van der Waals surface area (Å²) in [5.41, 5.74) is 12.7. The molecule has 0 aliphatic carbocycles. The molecule has 0 fully saturated rings. The van der Waals surface area contributed by atoms with Gasteiger partial charge in [0.15, 0.2) is 5.76 Å². The topological polar surface area (TPSA) is 90.4 Å². The van der Waals surface area contributed by atoms with Crippen LogP contribution in [-0.2, 0) is 6.42 Å². The van der Waals surface area contributed by atoms with Crippen LogP contribution in [0, 0.1) is 0 Å². The van der Waals surface area contributed by atoms with Crippen LogP contribution >= 0.6 is 0 Å². The summed E-state index contributed by atoms with van der Waals surface area (Å²) >= 11 is 0. The fourth-order valence-corrected chi connectivity index (χ4v) is 4.04. The molecule has 0 unspecified atom stereocenters. The van der Waals surface area contributed by atoms with Crippen LogP contribution in [-0.4, -0.2) is 10.8 Å². The summed E-state index contributed by atoms with van der Waals surface area (Å²) in [5.74, 6) is 7.03. The molecule has 4 aromatic carbocycles. The molecule has 0 atom stereocenters. The summed E-state index contributed by atoms with van der Waals surface area (Å²) in [7, 11) is 0. The number of amidine groups is 1. The van der Waals surface area contributed by atoms with Crippen LogP contribution in [0.1, 0.15) is 5.56 Å². The maximum absolute atomic E-state index is 6.45. The molecule has 1 heterocycles. The van der Waals surface area contributed by atoms with E-state index in [4.69, 9.17) is 21.0 Å². The highest BCUT2D eigenvalue weighted by Crippen LogP contribution is 2.39. The summed E-state index contributed by atoms with van der Waals surface area (Å²) in [4.78, 5) is 4.98. The van der Waals surface area contributed by atoms with Gasteiger partial charge >= 0.3 is 0 Å². The fourth-order valence-electron chi connectivity index (χ4n) is 4.04. The van der Waals surface area contributed by atoms with Crippen LogP contribution in [0.25, 0.3) is 45.2 Å². The summed E-state index contributed by atoms with van der Waals surface area (Å²) in [6.07, 6.45) is 0.488. The van der Waals surface area contributed by atoms with Crippen LogP contribution in [0.5, 0.6) is 0 Å². The number of hydrogen-bond donors (Lipinski definition) is 2. The normalized spacial score (nSPS) is 11.5. The molecule has 5 aromatic rings. The molecule has 34 heavy (non-hydrogen) atoms. The van der Waals surface area contributed by atoms with Gasteiger partial charge in [0.05, 0.1) is 0 Å². The molecule has 166 valence electrons. The number of oxazole rings is 1. The zero-order chi connectivity index (χ0) is 23.3. The Morgan fingerprint density at radius 3 is 2.03 bits per heavy atom. The molecule has 0 spiro atoms. The van der Waals surface area contributed by atoms with Crippen LogP contribution < -0.4 is 11.6 Å². The van der Waals surface area contributed by atoms with E-state index in [2.05, 4.69) is 23.3 Å². The van der Waals surface area contributed by atoms with Crippen molar-refractivity contribution in [1.82, 2.24) is 4.98 Å². The standard InChI is InChI=1S/C29H24N4O/c30-26(33-31)19-20-10-9-15-23(18-20)24-16-7-8-17-25(24)29-32-27(21-11-3-1-4-12-21)28(34-29)22-13-5-2-6-14-22/h1-18H,19,31H2,(H2,30,33). The Balaban J connectivity index is 1.64. The molecule has 0 amide bonds. The minimum atomic E-state index is 0.387. The SMILES string of the molecule is N/N=C(\N)Cc1cccc(-c2ccccc2-c2nc(-c3ccccc3)c(-c3ccccc3)o2)c1. The first kappa shape index (κ1) is 21.2. The van der Waals surface area contributed by atoms with Crippen molar-refractivity contribution < 1.29 is 4.42 Å². The Kier molecular flexibility index (Phi) is 5.91. The van der Waals surface area contributed by atoms with E-state index in [1.807, 2.05) is 91.0 Å². The van der Waals surface area contributed by atoms with Crippen molar-refractivity contribution in [3.8, 4) is 45.2 Å². The molecular formula is C29H24N4O. The second-order valence-corrected chi connectivity index (χ2v) is 7.97. The van der Waals surface area contributed by atoms with E-state index < -0.39 is 0 Å². The number of rotatable bonds is 6. The average Bonchev–Trinajstić information content (AvgIpc) is 3.35. The number of benzene rings is 4. The third-order valence-corrected chi connectivity index (χ3v) is 5.66. The van der Waals surface area contributed by atoms with Crippen LogP contribution in [0.4, 0.5) is 0 Å². The summed E-state index contributed by atoms with van der Waals surface area (Å²) in [6.45, 7) is 0. The zero-order valence-corrected chi connectivity index (χ0v) is 18.6. The second kappa shape index (κ2) is 9.46. The summed E-state index contributed by atoms with van der Waals surface area (Å²) in [5, 5.41) is 3.59. The van der Waals surface area contributed by atoms with Crippen LogP contribution in [0.15, 0.2) is 119 Å². The van der Waals surface area contributed by atoms with Crippen molar-refractivity contribution in [2.45, 2.75) is 6.42 Å². The molecular weight excluding hydrogens is 420 g/mol. The lowest BCUT2D eigenvalue weighted by molar-refractivity contribution is 0.589. The molecule has 0 bridgehead atoms. The first-order valence-electron chi connectivity index (χ1n) is 11.1. The van der Waals surface area contributed by atoms with Gasteiger partial charge in [0, 0.05) is 23.1 Å². The number of nitrogens with zero attached hydrogens (tertiary/aromatic N) is 2. The highest BCUT2D eigenvalue weighted by molar-refractivity contribution is 5.86. The van der Waals surface area contributed by atoms with E-state index in [0.29, 0.717) is 18.1 Å². The first-order chi connectivity index (χ1) is 16.7. The molecule has 0 aliphatic rings. The minimum absolute atomic E-state index is 0.387. The van der Waals surface area contributed by atoms with Gasteiger partial charge in [-0.3, -0.25) is 0 Å². The van der Waals surface area contributed by atoms with Gasteiger partial charge in [0.25, 0.3) is 0 Å². The lowest BCUT2D eigenvalue weighted by Gasteiger charge is -2.09. The summed E-state index contributed by atoms with van der Waals surface area (Å²) < 4.78 is 6.45. The second-order valence-electron chi connectivity index (χ2n) is 7.97. The predicted octanol–water partition coefficient (Wildman–Crippen LogP) is 6.12. The van der Waals surface area contributed by atoms with Gasteiger partial charge in [-0.2, -0.15) is 5.10 Å². The van der Waals surface area contributed by atoms with Crippen molar-refractivity contribution in [2.24, 2.45) is 16.7 Å². The molecule has 5 heteroatoms. The Hall–Kier alpha value is -4.64. The van der Waals surface area contributed by atoms with Gasteiger partial charge in [-0.05, 0) is 22.8 Å². The maximum atomic E-state index is 6.45. The molecule has 5 nitrogen and oxygen atoms in total. The van der Waals surface area contributed by atoms with Crippen molar-refractivity contribution in [3.05, 3.63) is 115 Å². The third kappa shape index (κ3) is 4.32. The quantitative estimate of drug-likeness (QED) is 0.143. The summed E-state index contributed by atoms with van der Waals surface area (Å²) in [6, 6.07) is 36.5. The Morgan fingerprint density at radius 2 is 1.32 bits per heavy atom. The number of nitrogens with two attached hydrogens (primary N) is 2. The van der Waals surface area contributed by atoms with E-state index in [1.54, 1.807) is 0 Å². The molecule has 0 radical (unpaired) electrons. The maximum Gasteiger partial charge on any atom is 0.227 e. The van der Waals surface area contributed by atoms with Gasteiger partial charge in [0.1, 0.15) is 11.5 Å². The van der Waals surface area contributed by atoms with Gasteiger partial charge in [-0.15, -0.1) is 0 Å². The van der Waals surface area contributed by atoms with E-state index >= 15 is 0 Å². The Bertz CT molecular complexity index is 1380. The number of hydrogen-bond acceptors (Lipinski definition) is 4. The van der Waals surface area contributed by atoms with Gasteiger partial charge in [0.2, 0.25) is 5.89 Å². The molecule has 0 aliphatic heterocycles. The van der Waals surface area contributed by atoms with E-state index in [-0.39, 0.29) is 0 Å². The van der Waals surface area contributed by atoms with E-state index in [1.165, 1.54) is 0 Å². The molecule has 5 rings (SSSR count). The molecule has 0 saturated heterocycles. The monoisotopic (exact) mass is 444 g/mol. The molecule has 0 saturated carbocycles. The lowest BCUT2D eigenvalue weighted by Crippen LogP contribution is -2.16. The van der Waals surface area contributed by atoms with Crippen molar-refractivity contribution in [1.29, 1.82) is 0 Å². The van der Waals surface area contributed by atoms with Gasteiger partial charge < -0.3 is 16.0 Å². The average molecular weight is 445 g/mol. The zero-order valence-electron chi connectivity index (χ0n) is 18.6. The number of hydrazone groups is 1. The van der Waals surface area contributed by atoms with E-state index in [0.717, 1.165) is 44.8 Å². The molecule has 4 N–H and O–H groups in total. The Morgan fingerprint density at radius 1 is 0.706 bits per heavy atom. The largest absolute Gasteiger partial charge is 0.435 e. The van der Waals surface area contributed by atoms with Crippen LogP contribution in [0.2, 0.25) is 0 Å². The predicted molar refractivity (Wildman–Crippen MR) is 138 cm³/mol.